The number of hydrazone groups is 1. The predicted octanol–water partition coefficient (Wildman–Crippen LogP) is 2.62. The van der Waals surface area contributed by atoms with Gasteiger partial charge in [-0.2, -0.15) is 5.10 Å². The molecule has 2 aromatic rings. The summed E-state index contributed by atoms with van der Waals surface area (Å²) in [6.07, 6.45) is 0.957. The quantitative estimate of drug-likeness (QED) is 0.596. The molecule has 2 N–H and O–H groups in total. The summed E-state index contributed by atoms with van der Waals surface area (Å²) in [6.45, 7) is 3.09. The number of rotatable bonds is 6. The Morgan fingerprint density at radius 3 is 2.73 bits per heavy atom. The van der Waals surface area contributed by atoms with Crippen molar-refractivity contribution in [2.24, 2.45) is 5.10 Å². The van der Waals surface area contributed by atoms with Crippen molar-refractivity contribution in [3.8, 4) is 0 Å². The van der Waals surface area contributed by atoms with Crippen molar-refractivity contribution in [3.63, 3.8) is 0 Å². The van der Waals surface area contributed by atoms with Crippen LogP contribution in [0, 0.1) is 0 Å². The number of anilines is 2. The average Bonchev–Trinajstić information content (AvgIpc) is 3.06. The number of hydrazine groups is 1. The second kappa shape index (κ2) is 8.11. The highest BCUT2D eigenvalue weighted by molar-refractivity contribution is 6.29. The Balaban J connectivity index is 1.61. The van der Waals surface area contributed by atoms with Crippen LogP contribution in [0.1, 0.15) is 29.5 Å². The predicted molar refractivity (Wildman–Crippen MR) is 100 cm³/mol. The molecule has 1 amide bonds. The monoisotopic (exact) mass is 374 g/mol. The normalized spacial score (nSPS) is 13.5. The zero-order valence-corrected chi connectivity index (χ0v) is 15.2. The molecule has 1 aliphatic rings. The Kier molecular flexibility index (Phi) is 5.65. The number of benzene rings is 1. The lowest BCUT2D eigenvalue weighted by Gasteiger charge is -2.14. The van der Waals surface area contributed by atoms with E-state index in [9.17, 15) is 4.79 Å². The first-order valence-corrected chi connectivity index (χ1v) is 8.43. The fourth-order valence-corrected chi connectivity index (χ4v) is 2.66. The van der Waals surface area contributed by atoms with Gasteiger partial charge in [-0.25, -0.2) is 9.97 Å². The molecule has 0 atom stereocenters. The first kappa shape index (κ1) is 18.1. The molecule has 1 aliphatic heterocycles. The first-order chi connectivity index (χ1) is 12.5. The molecule has 0 fully saturated rings. The Labute approximate surface area is 156 Å². The number of carbonyl (C=O) groups excluding carboxylic acids is 1. The standard InChI is InChI=1S/C17H19ClN6O2/c1-11-7-8-24(23-11)13-5-3-12(4-6-13)17(25)22-21-15-9-14(18)19-16(20-15)10-26-2/h3-6,9H,7-8,10H2,1-2H3,(H,22,25)(H,19,20,21). The number of carbonyl (C=O) groups is 1. The molecule has 26 heavy (non-hydrogen) atoms. The Morgan fingerprint density at radius 2 is 2.08 bits per heavy atom. The topological polar surface area (TPSA) is 91.7 Å². The minimum atomic E-state index is -0.291. The third-order valence-corrected chi connectivity index (χ3v) is 3.92. The summed E-state index contributed by atoms with van der Waals surface area (Å²) in [4.78, 5) is 20.5. The first-order valence-electron chi connectivity index (χ1n) is 8.05. The van der Waals surface area contributed by atoms with Gasteiger partial charge in [-0.15, -0.1) is 0 Å². The van der Waals surface area contributed by atoms with Crippen LogP contribution >= 0.6 is 11.6 Å². The van der Waals surface area contributed by atoms with Crippen LogP contribution in [0.25, 0.3) is 0 Å². The summed E-state index contributed by atoms with van der Waals surface area (Å²) in [5, 5.41) is 6.63. The van der Waals surface area contributed by atoms with E-state index in [4.69, 9.17) is 16.3 Å². The van der Waals surface area contributed by atoms with Gasteiger partial charge in [-0.3, -0.25) is 20.7 Å². The number of ether oxygens (including phenoxy) is 1. The fraction of sp³-hybridized carbons (Fsp3) is 0.294. The van der Waals surface area contributed by atoms with Gasteiger partial charge in [0.05, 0.1) is 5.69 Å². The minimum Gasteiger partial charge on any atom is -0.377 e. The van der Waals surface area contributed by atoms with Crippen LogP contribution < -0.4 is 15.9 Å². The van der Waals surface area contributed by atoms with Crippen molar-refractivity contribution in [3.05, 3.63) is 46.9 Å². The van der Waals surface area contributed by atoms with Crippen molar-refractivity contribution >= 4 is 34.7 Å². The van der Waals surface area contributed by atoms with Crippen LogP contribution in [0.4, 0.5) is 11.5 Å². The second-order valence-corrected chi connectivity index (χ2v) is 6.15. The van der Waals surface area contributed by atoms with Gasteiger partial charge in [0.2, 0.25) is 0 Å². The summed E-state index contributed by atoms with van der Waals surface area (Å²) >= 11 is 5.93. The van der Waals surface area contributed by atoms with Crippen LogP contribution in [0.15, 0.2) is 35.4 Å². The van der Waals surface area contributed by atoms with Gasteiger partial charge >= 0.3 is 0 Å². The SMILES string of the molecule is COCc1nc(Cl)cc(NNC(=O)c2ccc(N3CCC(C)=N3)cc2)n1. The molecule has 2 heterocycles. The zero-order chi connectivity index (χ0) is 18.5. The Hall–Kier alpha value is -2.71. The van der Waals surface area contributed by atoms with Gasteiger partial charge in [-0.1, -0.05) is 11.6 Å². The molecule has 0 radical (unpaired) electrons. The van der Waals surface area contributed by atoms with E-state index in [1.165, 1.54) is 13.2 Å². The second-order valence-electron chi connectivity index (χ2n) is 5.76. The number of amides is 1. The van der Waals surface area contributed by atoms with Crippen molar-refractivity contribution in [1.29, 1.82) is 0 Å². The zero-order valence-electron chi connectivity index (χ0n) is 14.5. The molecule has 0 aliphatic carbocycles. The molecule has 0 saturated heterocycles. The molecule has 8 nitrogen and oxygen atoms in total. The van der Waals surface area contributed by atoms with Crippen LogP contribution in [0.2, 0.25) is 5.15 Å². The maximum Gasteiger partial charge on any atom is 0.269 e. The van der Waals surface area contributed by atoms with Gasteiger partial charge in [-0.05, 0) is 31.2 Å². The molecule has 3 rings (SSSR count). The summed E-state index contributed by atoms with van der Waals surface area (Å²) in [6, 6.07) is 8.75. The fourth-order valence-electron chi connectivity index (χ4n) is 2.46. The number of hydrogen-bond acceptors (Lipinski definition) is 7. The van der Waals surface area contributed by atoms with Gasteiger partial charge in [0.15, 0.2) is 5.82 Å². The molecular weight excluding hydrogens is 356 g/mol. The van der Waals surface area contributed by atoms with E-state index in [1.54, 1.807) is 12.1 Å². The number of methoxy groups -OCH3 is 1. The molecule has 0 spiro atoms. The maximum absolute atomic E-state index is 12.3. The van der Waals surface area contributed by atoms with Crippen molar-refractivity contribution < 1.29 is 9.53 Å². The van der Waals surface area contributed by atoms with Crippen molar-refractivity contribution in [1.82, 2.24) is 15.4 Å². The summed E-state index contributed by atoms with van der Waals surface area (Å²) < 4.78 is 4.98. The molecule has 0 unspecified atom stereocenters. The van der Waals surface area contributed by atoms with Gasteiger partial charge in [0.25, 0.3) is 5.91 Å². The average molecular weight is 375 g/mol. The molecule has 1 aromatic carbocycles. The smallest absolute Gasteiger partial charge is 0.269 e. The summed E-state index contributed by atoms with van der Waals surface area (Å²) in [5.41, 5.74) is 7.90. The number of nitrogens with zero attached hydrogens (tertiary/aromatic N) is 4. The minimum absolute atomic E-state index is 0.225. The van der Waals surface area contributed by atoms with E-state index < -0.39 is 0 Å². The van der Waals surface area contributed by atoms with E-state index in [-0.39, 0.29) is 17.7 Å². The molecule has 1 aromatic heterocycles. The van der Waals surface area contributed by atoms with Crippen LogP contribution in [-0.4, -0.2) is 35.2 Å². The highest BCUT2D eigenvalue weighted by atomic mass is 35.5. The highest BCUT2D eigenvalue weighted by Crippen LogP contribution is 2.20. The maximum atomic E-state index is 12.3. The van der Waals surface area contributed by atoms with E-state index >= 15 is 0 Å². The lowest BCUT2D eigenvalue weighted by molar-refractivity contribution is 0.0962. The van der Waals surface area contributed by atoms with E-state index in [0.29, 0.717) is 17.2 Å². The van der Waals surface area contributed by atoms with Crippen LogP contribution in [-0.2, 0) is 11.3 Å². The molecule has 0 bridgehead atoms. The lowest BCUT2D eigenvalue weighted by Crippen LogP contribution is -2.30. The third kappa shape index (κ3) is 4.47. The molecule has 9 heteroatoms. The van der Waals surface area contributed by atoms with Crippen molar-refractivity contribution in [2.75, 3.05) is 24.1 Å². The highest BCUT2D eigenvalue weighted by Gasteiger charge is 2.13. The van der Waals surface area contributed by atoms with E-state index in [1.807, 2.05) is 24.1 Å². The molecular formula is C17H19ClN6O2. The number of halogens is 1. The number of aromatic nitrogens is 2. The van der Waals surface area contributed by atoms with E-state index in [2.05, 4.69) is 25.9 Å². The Bertz CT molecular complexity index is 825. The van der Waals surface area contributed by atoms with Gasteiger partial charge < -0.3 is 4.74 Å². The largest absolute Gasteiger partial charge is 0.377 e. The number of hydrogen-bond donors (Lipinski definition) is 2. The lowest BCUT2D eigenvalue weighted by atomic mass is 10.2. The molecule has 0 saturated carbocycles. The van der Waals surface area contributed by atoms with E-state index in [0.717, 1.165) is 24.4 Å². The van der Waals surface area contributed by atoms with Crippen molar-refractivity contribution in [2.45, 2.75) is 20.0 Å². The number of nitrogens with one attached hydrogen (secondary N) is 2. The van der Waals surface area contributed by atoms with Crippen LogP contribution in [0.5, 0.6) is 0 Å². The molecule has 136 valence electrons. The third-order valence-electron chi connectivity index (χ3n) is 3.72. The van der Waals surface area contributed by atoms with Gasteiger partial charge in [0.1, 0.15) is 17.6 Å². The van der Waals surface area contributed by atoms with Gasteiger partial charge in [0, 0.05) is 37.4 Å². The summed E-state index contributed by atoms with van der Waals surface area (Å²) in [7, 11) is 1.54. The van der Waals surface area contributed by atoms with Crippen LogP contribution in [0.3, 0.4) is 0 Å². The Morgan fingerprint density at radius 1 is 1.31 bits per heavy atom. The summed E-state index contributed by atoms with van der Waals surface area (Å²) in [5.74, 6) is 0.507.